The van der Waals surface area contributed by atoms with Crippen LogP contribution in [0, 0.1) is 0 Å². The van der Waals surface area contributed by atoms with Crippen LogP contribution < -0.4 is 11.3 Å². The number of aromatic hydroxyl groups is 2. The van der Waals surface area contributed by atoms with Crippen LogP contribution in [-0.2, 0) is 9.47 Å². The Kier molecular flexibility index (Phi) is 7.06. The SMILES string of the molecule is O=c1oc2ccccc2c(O)c1C(CCCCOC1CCCCO1)c1c(O)c2ccccc2oc1=O. The first-order valence-electron chi connectivity index (χ1n) is 12.3. The molecule has 1 unspecified atom stereocenters. The van der Waals surface area contributed by atoms with Gasteiger partial charge in [-0.15, -0.1) is 0 Å². The second-order valence-electron chi connectivity index (χ2n) is 9.01. The van der Waals surface area contributed by atoms with Crippen molar-refractivity contribution in [2.45, 2.75) is 50.7 Å². The molecule has 2 aromatic carbocycles. The lowest BCUT2D eigenvalue weighted by Gasteiger charge is -2.23. The molecule has 2 N–H and O–H groups in total. The summed E-state index contributed by atoms with van der Waals surface area (Å²) < 4.78 is 22.4. The average Bonchev–Trinajstić information content (AvgIpc) is 2.88. The summed E-state index contributed by atoms with van der Waals surface area (Å²) in [6.45, 7) is 1.15. The molecule has 1 atom stereocenters. The molecule has 2 aromatic heterocycles. The number of hydrogen-bond acceptors (Lipinski definition) is 8. The molecular formula is C28H28O8. The lowest BCUT2D eigenvalue weighted by molar-refractivity contribution is -0.162. The first-order chi connectivity index (χ1) is 17.5. The fraction of sp³-hybridized carbons (Fsp3) is 0.357. The minimum atomic E-state index is -0.947. The predicted octanol–water partition coefficient (Wildman–Crippen LogP) is 5.16. The monoisotopic (exact) mass is 492 g/mol. The van der Waals surface area contributed by atoms with Crippen LogP contribution in [0.15, 0.2) is 67.0 Å². The van der Waals surface area contributed by atoms with Crippen molar-refractivity contribution in [2.24, 2.45) is 0 Å². The summed E-state index contributed by atoms with van der Waals surface area (Å²) in [5.41, 5.74) is -1.23. The van der Waals surface area contributed by atoms with Crippen molar-refractivity contribution in [3.63, 3.8) is 0 Å². The zero-order valence-electron chi connectivity index (χ0n) is 19.8. The number of benzene rings is 2. The average molecular weight is 493 g/mol. The number of para-hydroxylation sites is 2. The first kappa shape index (κ1) is 24.1. The first-order valence-corrected chi connectivity index (χ1v) is 12.3. The van der Waals surface area contributed by atoms with Crippen LogP contribution in [0.2, 0.25) is 0 Å². The molecule has 0 aliphatic carbocycles. The third-order valence-electron chi connectivity index (χ3n) is 6.67. The summed E-state index contributed by atoms with van der Waals surface area (Å²) in [5, 5.41) is 22.9. The van der Waals surface area contributed by atoms with Gasteiger partial charge in [-0.1, -0.05) is 30.7 Å². The van der Waals surface area contributed by atoms with Crippen LogP contribution in [0.3, 0.4) is 0 Å². The predicted molar refractivity (Wildman–Crippen MR) is 134 cm³/mol. The van der Waals surface area contributed by atoms with E-state index in [2.05, 4.69) is 0 Å². The molecule has 1 aliphatic heterocycles. The van der Waals surface area contributed by atoms with Crippen molar-refractivity contribution in [1.29, 1.82) is 0 Å². The Morgan fingerprint density at radius 3 is 1.97 bits per heavy atom. The van der Waals surface area contributed by atoms with E-state index in [0.29, 0.717) is 36.8 Å². The van der Waals surface area contributed by atoms with Gasteiger partial charge in [0.05, 0.1) is 21.9 Å². The summed E-state index contributed by atoms with van der Waals surface area (Å²) in [6, 6.07) is 13.3. The zero-order valence-corrected chi connectivity index (χ0v) is 19.8. The van der Waals surface area contributed by atoms with Gasteiger partial charge in [-0.05, 0) is 56.4 Å². The van der Waals surface area contributed by atoms with Gasteiger partial charge in [-0.25, -0.2) is 9.59 Å². The molecular weight excluding hydrogens is 464 g/mol. The molecule has 0 spiro atoms. The molecule has 36 heavy (non-hydrogen) atoms. The normalized spacial score (nSPS) is 16.2. The Morgan fingerprint density at radius 1 is 0.833 bits per heavy atom. The van der Waals surface area contributed by atoms with Gasteiger partial charge >= 0.3 is 11.3 Å². The van der Waals surface area contributed by atoms with E-state index in [1.807, 2.05) is 0 Å². The van der Waals surface area contributed by atoms with E-state index in [0.717, 1.165) is 19.3 Å². The molecule has 3 heterocycles. The molecule has 0 bridgehead atoms. The van der Waals surface area contributed by atoms with Crippen molar-refractivity contribution >= 4 is 21.9 Å². The Labute approximate surface area is 206 Å². The Bertz CT molecular complexity index is 1380. The van der Waals surface area contributed by atoms with E-state index in [4.69, 9.17) is 18.3 Å². The standard InChI is InChI=1S/C28H28O8/c29-25-17-9-1-3-12-20(17)35-27(31)23(25)19(11-5-7-15-33-22-14-6-8-16-34-22)24-26(30)18-10-2-4-13-21(18)36-28(24)32/h1-4,9-10,12-13,19,22,29-30H,5-8,11,14-16H2. The number of unbranched alkanes of at least 4 members (excludes halogenated alkanes) is 1. The molecule has 0 radical (unpaired) electrons. The molecule has 1 saturated heterocycles. The summed E-state index contributed by atoms with van der Waals surface area (Å²) in [4.78, 5) is 26.1. The van der Waals surface area contributed by atoms with Gasteiger partial charge in [0.1, 0.15) is 22.7 Å². The highest BCUT2D eigenvalue weighted by atomic mass is 16.7. The molecule has 1 fully saturated rings. The largest absolute Gasteiger partial charge is 0.507 e. The number of hydrogen-bond donors (Lipinski definition) is 2. The lowest BCUT2D eigenvalue weighted by atomic mass is 9.86. The molecule has 188 valence electrons. The van der Waals surface area contributed by atoms with Crippen LogP contribution >= 0.6 is 0 Å². The molecule has 8 nitrogen and oxygen atoms in total. The van der Waals surface area contributed by atoms with Crippen molar-refractivity contribution in [3.05, 3.63) is 80.5 Å². The van der Waals surface area contributed by atoms with Gasteiger partial charge in [0.25, 0.3) is 0 Å². The Morgan fingerprint density at radius 2 is 1.42 bits per heavy atom. The van der Waals surface area contributed by atoms with Crippen molar-refractivity contribution in [3.8, 4) is 11.5 Å². The fourth-order valence-electron chi connectivity index (χ4n) is 4.85. The second kappa shape index (κ2) is 10.6. The summed E-state index contributed by atoms with van der Waals surface area (Å²) in [7, 11) is 0. The van der Waals surface area contributed by atoms with Gasteiger partial charge in [0.2, 0.25) is 0 Å². The van der Waals surface area contributed by atoms with E-state index in [1.54, 1.807) is 48.5 Å². The number of rotatable bonds is 8. The summed E-state index contributed by atoms with van der Waals surface area (Å²) in [6.07, 6.45) is 4.23. The van der Waals surface area contributed by atoms with Gasteiger partial charge in [0.15, 0.2) is 6.29 Å². The van der Waals surface area contributed by atoms with E-state index < -0.39 is 17.2 Å². The van der Waals surface area contributed by atoms with Crippen molar-refractivity contribution in [1.82, 2.24) is 0 Å². The third-order valence-corrected chi connectivity index (χ3v) is 6.67. The molecule has 0 amide bonds. The highest BCUT2D eigenvalue weighted by molar-refractivity contribution is 5.86. The van der Waals surface area contributed by atoms with E-state index >= 15 is 0 Å². The maximum atomic E-state index is 13.1. The number of fused-ring (bicyclic) bond motifs is 2. The van der Waals surface area contributed by atoms with Crippen molar-refractivity contribution in [2.75, 3.05) is 13.2 Å². The summed E-state index contributed by atoms with van der Waals surface area (Å²) >= 11 is 0. The van der Waals surface area contributed by atoms with Gasteiger partial charge in [0, 0.05) is 19.1 Å². The Hall–Kier alpha value is -3.62. The minimum absolute atomic E-state index is 0.0805. The lowest BCUT2D eigenvalue weighted by Crippen LogP contribution is -2.23. The van der Waals surface area contributed by atoms with Gasteiger partial charge in [-0.3, -0.25) is 0 Å². The molecule has 8 heteroatoms. The molecule has 0 saturated carbocycles. The van der Waals surface area contributed by atoms with Gasteiger partial charge < -0.3 is 28.5 Å². The highest BCUT2D eigenvalue weighted by Gasteiger charge is 2.30. The van der Waals surface area contributed by atoms with Crippen LogP contribution in [0.1, 0.15) is 55.6 Å². The number of ether oxygens (including phenoxy) is 2. The van der Waals surface area contributed by atoms with E-state index in [9.17, 15) is 19.8 Å². The zero-order chi connectivity index (χ0) is 25.1. The summed E-state index contributed by atoms with van der Waals surface area (Å²) in [5.74, 6) is -1.49. The van der Waals surface area contributed by atoms with Crippen LogP contribution in [0.4, 0.5) is 0 Å². The maximum absolute atomic E-state index is 13.1. The maximum Gasteiger partial charge on any atom is 0.343 e. The fourth-order valence-corrected chi connectivity index (χ4v) is 4.85. The molecule has 5 rings (SSSR count). The van der Waals surface area contributed by atoms with Crippen molar-refractivity contribution < 1.29 is 28.5 Å². The van der Waals surface area contributed by atoms with Crippen LogP contribution in [0.5, 0.6) is 11.5 Å². The van der Waals surface area contributed by atoms with Crippen LogP contribution in [0.25, 0.3) is 21.9 Å². The van der Waals surface area contributed by atoms with E-state index in [1.165, 1.54) is 0 Å². The smallest absolute Gasteiger partial charge is 0.343 e. The molecule has 1 aliphatic rings. The quantitative estimate of drug-likeness (QED) is 0.256. The highest BCUT2D eigenvalue weighted by Crippen LogP contribution is 2.40. The van der Waals surface area contributed by atoms with E-state index in [-0.39, 0.29) is 46.5 Å². The topological polar surface area (TPSA) is 119 Å². The van der Waals surface area contributed by atoms with Gasteiger partial charge in [-0.2, -0.15) is 0 Å². The molecule has 4 aromatic rings. The minimum Gasteiger partial charge on any atom is -0.507 e. The second-order valence-corrected chi connectivity index (χ2v) is 9.01. The Balaban J connectivity index is 1.51. The third kappa shape index (κ3) is 4.74. The van der Waals surface area contributed by atoms with Crippen LogP contribution in [-0.4, -0.2) is 29.7 Å².